The zero-order valence-corrected chi connectivity index (χ0v) is 14.9. The summed E-state index contributed by atoms with van der Waals surface area (Å²) in [5, 5.41) is 0. The van der Waals surface area contributed by atoms with Crippen LogP contribution < -0.4 is 0 Å². The van der Waals surface area contributed by atoms with E-state index in [9.17, 15) is 9.59 Å². The summed E-state index contributed by atoms with van der Waals surface area (Å²) in [5.74, 6) is 2.63. The number of rotatable bonds is 13. The summed E-state index contributed by atoms with van der Waals surface area (Å²) >= 11 is 0. The molecule has 0 radical (unpaired) electrons. The first-order valence-corrected chi connectivity index (χ1v) is 10.1. The quantitative estimate of drug-likeness (QED) is 0.284. The summed E-state index contributed by atoms with van der Waals surface area (Å²) in [6.07, 6.45) is 3.73. The van der Waals surface area contributed by atoms with E-state index in [1.54, 1.807) is 0 Å². The Morgan fingerprint density at radius 2 is 1.35 bits per heavy atom. The lowest BCUT2D eigenvalue weighted by Crippen LogP contribution is -2.22. The van der Waals surface area contributed by atoms with Crippen molar-refractivity contribution in [3.8, 4) is 0 Å². The van der Waals surface area contributed by atoms with Crippen molar-refractivity contribution < 1.29 is 28.5 Å². The second-order valence-electron chi connectivity index (χ2n) is 5.29. The molecule has 7 heteroatoms. The van der Waals surface area contributed by atoms with Crippen molar-refractivity contribution in [3.63, 3.8) is 0 Å². The van der Waals surface area contributed by atoms with Gasteiger partial charge in [-0.15, -0.1) is 0 Å². The molecule has 0 unspecified atom stereocenters. The minimum Gasteiger partial charge on any atom is -0.463 e. The smallest absolute Gasteiger partial charge is 0.356 e. The number of hydrogen-bond acceptors (Lipinski definition) is 6. The third-order valence-electron chi connectivity index (χ3n) is 3.25. The van der Waals surface area contributed by atoms with E-state index in [4.69, 9.17) is 18.9 Å². The average molecular weight is 349 g/mol. The molecule has 1 saturated heterocycles. The van der Waals surface area contributed by atoms with Crippen LogP contribution in [0.15, 0.2) is 0 Å². The molecule has 0 aliphatic carbocycles. The Kier molecular flexibility index (Phi) is 12.0. The van der Waals surface area contributed by atoms with E-state index in [-0.39, 0.29) is 29.4 Å². The zero-order chi connectivity index (χ0) is 16.8. The van der Waals surface area contributed by atoms with Crippen molar-refractivity contribution in [2.45, 2.75) is 32.6 Å². The van der Waals surface area contributed by atoms with Crippen LogP contribution in [0.5, 0.6) is 0 Å². The van der Waals surface area contributed by atoms with E-state index in [2.05, 4.69) is 0 Å². The number of carbonyl (C=O) groups is 2. The second kappa shape index (κ2) is 13.6. The maximum atomic E-state index is 11.6. The van der Waals surface area contributed by atoms with Gasteiger partial charge in [0, 0.05) is 6.42 Å². The summed E-state index contributed by atoms with van der Waals surface area (Å²) < 4.78 is 20.7. The van der Waals surface area contributed by atoms with Gasteiger partial charge in [0.15, 0.2) is 0 Å². The fourth-order valence-electron chi connectivity index (χ4n) is 2.09. The summed E-state index contributed by atoms with van der Waals surface area (Å²) in [5.41, 5.74) is 0. The minimum absolute atomic E-state index is 0.107. The Balaban J connectivity index is 1.79. The molecular formula is C16H29O6S+. The Morgan fingerprint density at radius 3 is 1.91 bits per heavy atom. The first-order valence-electron chi connectivity index (χ1n) is 8.33. The van der Waals surface area contributed by atoms with Crippen LogP contribution in [0.4, 0.5) is 0 Å². The summed E-state index contributed by atoms with van der Waals surface area (Å²) in [6.45, 7) is 4.13. The van der Waals surface area contributed by atoms with Gasteiger partial charge in [-0.1, -0.05) is 6.92 Å². The number of ether oxygens (including phenoxy) is 4. The predicted octanol–water partition coefficient (Wildman–Crippen LogP) is 1.32. The maximum absolute atomic E-state index is 11.6. The van der Waals surface area contributed by atoms with Crippen LogP contribution in [0.25, 0.3) is 0 Å². The molecule has 1 heterocycles. The van der Waals surface area contributed by atoms with Gasteiger partial charge in [0.2, 0.25) is 5.75 Å². The Bertz CT molecular complexity index is 331. The summed E-state index contributed by atoms with van der Waals surface area (Å²) in [6, 6.07) is 0. The molecule has 0 N–H and O–H groups in total. The SMILES string of the molecule is CCCC(=O)OCCOCCOCCOC(=O)C[S+]1CCCC1. The molecule has 1 fully saturated rings. The molecular weight excluding hydrogens is 320 g/mol. The molecule has 6 nitrogen and oxygen atoms in total. The summed E-state index contributed by atoms with van der Waals surface area (Å²) in [7, 11) is 0.253. The van der Waals surface area contributed by atoms with Crippen LogP contribution in [-0.4, -0.2) is 68.8 Å². The van der Waals surface area contributed by atoms with Gasteiger partial charge >= 0.3 is 11.9 Å². The first-order chi connectivity index (χ1) is 11.2. The van der Waals surface area contributed by atoms with E-state index in [0.717, 1.165) is 6.42 Å². The lowest BCUT2D eigenvalue weighted by Gasteiger charge is -2.07. The van der Waals surface area contributed by atoms with Gasteiger partial charge in [0.05, 0.1) is 26.4 Å². The van der Waals surface area contributed by atoms with Gasteiger partial charge in [0.25, 0.3) is 0 Å². The van der Waals surface area contributed by atoms with Gasteiger partial charge in [-0.25, -0.2) is 4.79 Å². The Morgan fingerprint density at radius 1 is 0.826 bits per heavy atom. The molecule has 0 atom stereocenters. The van der Waals surface area contributed by atoms with E-state index in [1.807, 2.05) is 6.92 Å². The van der Waals surface area contributed by atoms with Crippen molar-refractivity contribution >= 4 is 22.8 Å². The van der Waals surface area contributed by atoms with Crippen molar-refractivity contribution in [1.82, 2.24) is 0 Å². The largest absolute Gasteiger partial charge is 0.463 e. The highest BCUT2D eigenvalue weighted by atomic mass is 32.2. The minimum atomic E-state index is -0.188. The van der Waals surface area contributed by atoms with E-state index in [1.165, 1.54) is 24.3 Å². The van der Waals surface area contributed by atoms with E-state index in [0.29, 0.717) is 45.2 Å². The van der Waals surface area contributed by atoms with Crippen LogP contribution in [0.3, 0.4) is 0 Å². The average Bonchev–Trinajstić information content (AvgIpc) is 3.02. The lowest BCUT2D eigenvalue weighted by atomic mass is 10.3. The molecule has 0 saturated carbocycles. The normalized spacial score (nSPS) is 14.8. The topological polar surface area (TPSA) is 71.1 Å². The van der Waals surface area contributed by atoms with Gasteiger partial charge in [-0.2, -0.15) is 0 Å². The third kappa shape index (κ3) is 11.4. The number of esters is 2. The number of hydrogen-bond donors (Lipinski definition) is 0. The highest BCUT2D eigenvalue weighted by molar-refractivity contribution is 7.97. The highest BCUT2D eigenvalue weighted by Crippen LogP contribution is 2.13. The molecule has 0 spiro atoms. The van der Waals surface area contributed by atoms with Gasteiger partial charge in [-0.05, 0) is 30.2 Å². The predicted molar refractivity (Wildman–Crippen MR) is 89.7 cm³/mol. The zero-order valence-electron chi connectivity index (χ0n) is 14.1. The van der Waals surface area contributed by atoms with Crippen LogP contribution in [0.1, 0.15) is 32.6 Å². The third-order valence-corrected chi connectivity index (χ3v) is 5.62. The fourth-order valence-corrected chi connectivity index (χ4v) is 4.23. The Labute approximate surface area is 141 Å². The Hall–Kier alpha value is -0.790. The molecule has 0 aromatic carbocycles. The molecule has 0 aromatic heterocycles. The monoisotopic (exact) mass is 349 g/mol. The van der Waals surface area contributed by atoms with Crippen molar-refractivity contribution in [2.75, 3.05) is 56.9 Å². The van der Waals surface area contributed by atoms with Crippen LogP contribution in [0.2, 0.25) is 0 Å². The van der Waals surface area contributed by atoms with E-state index >= 15 is 0 Å². The second-order valence-corrected chi connectivity index (χ2v) is 7.62. The molecule has 1 aliphatic rings. The fraction of sp³-hybridized carbons (Fsp3) is 0.875. The van der Waals surface area contributed by atoms with Crippen LogP contribution in [0, 0.1) is 0 Å². The number of carbonyl (C=O) groups excluding carboxylic acids is 2. The molecule has 1 rings (SSSR count). The van der Waals surface area contributed by atoms with Crippen LogP contribution in [-0.2, 0) is 39.4 Å². The maximum Gasteiger partial charge on any atom is 0.356 e. The molecule has 134 valence electrons. The molecule has 0 amide bonds. The van der Waals surface area contributed by atoms with Crippen molar-refractivity contribution in [2.24, 2.45) is 0 Å². The van der Waals surface area contributed by atoms with Gasteiger partial charge in [-0.3, -0.25) is 4.79 Å². The lowest BCUT2D eigenvalue weighted by molar-refractivity contribution is -0.146. The van der Waals surface area contributed by atoms with Crippen LogP contribution >= 0.6 is 0 Å². The van der Waals surface area contributed by atoms with Crippen molar-refractivity contribution in [3.05, 3.63) is 0 Å². The standard InChI is InChI=1S/C16H29O6S/c1-2-5-15(17)21-10-8-19-6-7-20-9-11-22-16(18)14-23-12-3-4-13-23/h2-14H2,1H3/q+1. The molecule has 0 aromatic rings. The van der Waals surface area contributed by atoms with Crippen molar-refractivity contribution in [1.29, 1.82) is 0 Å². The first kappa shape index (κ1) is 20.3. The summed E-state index contributed by atoms with van der Waals surface area (Å²) in [4.78, 5) is 22.6. The molecule has 23 heavy (non-hydrogen) atoms. The van der Waals surface area contributed by atoms with Gasteiger partial charge < -0.3 is 18.9 Å². The molecule has 1 aliphatic heterocycles. The van der Waals surface area contributed by atoms with Gasteiger partial charge in [0.1, 0.15) is 24.7 Å². The molecule has 0 bridgehead atoms. The highest BCUT2D eigenvalue weighted by Gasteiger charge is 2.27. The van der Waals surface area contributed by atoms with E-state index < -0.39 is 0 Å².